The average molecular weight is 228 g/mol. The van der Waals surface area contributed by atoms with Crippen LogP contribution < -0.4 is 9.44 Å². The van der Waals surface area contributed by atoms with E-state index in [2.05, 4.69) is 9.44 Å². The van der Waals surface area contributed by atoms with Gasteiger partial charge in [-0.3, -0.25) is 0 Å². The Morgan fingerprint density at radius 1 is 1.38 bits per heavy atom. The van der Waals surface area contributed by atoms with Gasteiger partial charge in [0.25, 0.3) is 10.2 Å². The summed E-state index contributed by atoms with van der Waals surface area (Å²) in [5.41, 5.74) is 0. The molecular formula is C6H16N2O3S2. The van der Waals surface area contributed by atoms with Crippen molar-refractivity contribution in [3.63, 3.8) is 0 Å². The Morgan fingerprint density at radius 2 is 2.08 bits per heavy atom. The van der Waals surface area contributed by atoms with Gasteiger partial charge in [0.05, 0.1) is 0 Å². The van der Waals surface area contributed by atoms with Gasteiger partial charge in [-0.05, 0) is 12.2 Å². The molecule has 3 N–H and O–H groups in total. The third-order valence-electron chi connectivity index (χ3n) is 1.25. The van der Waals surface area contributed by atoms with E-state index in [1.807, 2.05) is 0 Å². The molecule has 0 aromatic carbocycles. The van der Waals surface area contributed by atoms with Crippen molar-refractivity contribution in [2.75, 3.05) is 31.7 Å². The van der Waals surface area contributed by atoms with E-state index < -0.39 is 10.2 Å². The smallest absolute Gasteiger partial charge is 0.276 e. The van der Waals surface area contributed by atoms with Crippen LogP contribution in [0.5, 0.6) is 0 Å². The first-order valence-electron chi connectivity index (χ1n) is 3.99. The molecule has 0 heterocycles. The van der Waals surface area contributed by atoms with Gasteiger partial charge >= 0.3 is 0 Å². The van der Waals surface area contributed by atoms with Crippen LogP contribution in [0, 0.1) is 0 Å². The summed E-state index contributed by atoms with van der Waals surface area (Å²) < 4.78 is 26.2. The average Bonchev–Trinajstić information content (AvgIpc) is 2.11. The number of aliphatic hydroxyl groups is 1. The number of hydrogen-bond acceptors (Lipinski definition) is 4. The lowest BCUT2D eigenvalue weighted by Gasteiger charge is -2.03. The first kappa shape index (κ1) is 13.2. The maximum absolute atomic E-state index is 10.8. The van der Waals surface area contributed by atoms with Crippen LogP contribution in [0.15, 0.2) is 0 Å². The summed E-state index contributed by atoms with van der Waals surface area (Å²) >= 11 is 1.61. The van der Waals surface area contributed by atoms with E-state index in [4.69, 9.17) is 5.11 Å². The fourth-order valence-electron chi connectivity index (χ4n) is 0.589. The largest absolute Gasteiger partial charge is 0.396 e. The standard InChI is InChI=1S/C6H16N2O3S2/c1-7-13(10,11)8-3-6-12-5-2-4-9/h7-9H,2-6H2,1H3. The van der Waals surface area contributed by atoms with Crippen molar-refractivity contribution in [1.82, 2.24) is 9.44 Å². The lowest BCUT2D eigenvalue weighted by Crippen LogP contribution is -2.35. The highest BCUT2D eigenvalue weighted by Gasteiger charge is 2.02. The molecule has 0 radical (unpaired) electrons. The number of thioether (sulfide) groups is 1. The van der Waals surface area contributed by atoms with Crippen LogP contribution in [0.25, 0.3) is 0 Å². The normalized spacial score (nSPS) is 11.8. The number of aliphatic hydroxyl groups excluding tert-OH is 1. The first-order valence-corrected chi connectivity index (χ1v) is 6.63. The van der Waals surface area contributed by atoms with Crippen LogP contribution in [0.2, 0.25) is 0 Å². The van der Waals surface area contributed by atoms with Crippen LogP contribution in [-0.4, -0.2) is 45.2 Å². The summed E-state index contributed by atoms with van der Waals surface area (Å²) in [6.07, 6.45) is 0.753. The Bertz CT molecular complexity index is 206. The first-order chi connectivity index (χ1) is 6.12. The quantitative estimate of drug-likeness (QED) is 0.473. The molecule has 0 fully saturated rings. The molecule has 0 aromatic rings. The van der Waals surface area contributed by atoms with Crippen LogP contribution in [0.4, 0.5) is 0 Å². The molecule has 0 saturated carbocycles. The Hall–Kier alpha value is 0.180. The third-order valence-corrected chi connectivity index (χ3v) is 3.45. The molecule has 80 valence electrons. The molecule has 0 atom stereocenters. The summed E-state index contributed by atoms with van der Waals surface area (Å²) in [6, 6.07) is 0. The maximum Gasteiger partial charge on any atom is 0.276 e. The maximum atomic E-state index is 10.8. The molecule has 0 saturated heterocycles. The molecular weight excluding hydrogens is 212 g/mol. The number of hydrogen-bond donors (Lipinski definition) is 3. The van der Waals surface area contributed by atoms with E-state index in [1.54, 1.807) is 11.8 Å². The van der Waals surface area contributed by atoms with Gasteiger partial charge < -0.3 is 5.11 Å². The monoisotopic (exact) mass is 228 g/mol. The van der Waals surface area contributed by atoms with Crippen molar-refractivity contribution >= 4 is 22.0 Å². The Kier molecular flexibility index (Phi) is 7.68. The number of rotatable bonds is 8. The Balaban J connectivity index is 3.26. The van der Waals surface area contributed by atoms with Gasteiger partial charge in [0.15, 0.2) is 0 Å². The van der Waals surface area contributed by atoms with Gasteiger partial charge in [0.1, 0.15) is 0 Å². The van der Waals surface area contributed by atoms with E-state index in [9.17, 15) is 8.42 Å². The van der Waals surface area contributed by atoms with Gasteiger partial charge in [-0.2, -0.15) is 20.2 Å². The van der Waals surface area contributed by atoms with Crippen LogP contribution in [-0.2, 0) is 10.2 Å². The van der Waals surface area contributed by atoms with Crippen molar-refractivity contribution in [2.45, 2.75) is 6.42 Å². The molecule has 0 aliphatic rings. The van der Waals surface area contributed by atoms with E-state index >= 15 is 0 Å². The molecule has 13 heavy (non-hydrogen) atoms. The molecule has 0 aromatic heterocycles. The molecule has 0 unspecified atom stereocenters. The summed E-state index contributed by atoms with van der Waals surface area (Å²) in [7, 11) is -1.91. The van der Waals surface area contributed by atoms with Crippen molar-refractivity contribution in [1.29, 1.82) is 0 Å². The van der Waals surface area contributed by atoms with Gasteiger partial charge in [-0.15, -0.1) is 0 Å². The van der Waals surface area contributed by atoms with Gasteiger partial charge in [0.2, 0.25) is 0 Å². The van der Waals surface area contributed by atoms with E-state index in [-0.39, 0.29) is 6.61 Å². The van der Waals surface area contributed by atoms with Crippen molar-refractivity contribution in [3.05, 3.63) is 0 Å². The second-order valence-corrected chi connectivity index (χ2v) is 5.22. The second kappa shape index (κ2) is 7.57. The highest BCUT2D eigenvalue weighted by molar-refractivity contribution is 7.99. The summed E-state index contributed by atoms with van der Waals surface area (Å²) in [5, 5.41) is 8.46. The van der Waals surface area contributed by atoms with E-state index in [0.717, 1.165) is 17.9 Å². The predicted octanol–water partition coefficient (Wildman–Crippen LogP) is -0.844. The molecule has 0 amide bonds. The third kappa shape index (κ3) is 8.51. The SMILES string of the molecule is CNS(=O)(=O)NCCSCCCO. The number of nitrogens with one attached hydrogen (secondary N) is 2. The summed E-state index contributed by atoms with van der Waals surface area (Å²) in [4.78, 5) is 0. The van der Waals surface area contributed by atoms with Gasteiger partial charge in [0, 0.05) is 26.0 Å². The van der Waals surface area contributed by atoms with E-state index in [1.165, 1.54) is 7.05 Å². The molecule has 0 aliphatic carbocycles. The van der Waals surface area contributed by atoms with Crippen molar-refractivity contribution < 1.29 is 13.5 Å². The summed E-state index contributed by atoms with van der Waals surface area (Å²) in [5.74, 6) is 1.58. The van der Waals surface area contributed by atoms with Crippen LogP contribution >= 0.6 is 11.8 Å². The van der Waals surface area contributed by atoms with Crippen LogP contribution in [0.1, 0.15) is 6.42 Å². The predicted molar refractivity (Wildman–Crippen MR) is 55.0 cm³/mol. The molecule has 0 spiro atoms. The minimum absolute atomic E-state index is 0.190. The lowest BCUT2D eigenvalue weighted by molar-refractivity contribution is 0.296. The van der Waals surface area contributed by atoms with Gasteiger partial charge in [-0.25, -0.2) is 9.44 Å². The zero-order valence-electron chi connectivity index (χ0n) is 7.62. The van der Waals surface area contributed by atoms with Gasteiger partial charge in [-0.1, -0.05) is 0 Å². The van der Waals surface area contributed by atoms with E-state index in [0.29, 0.717) is 6.54 Å². The molecule has 7 heteroatoms. The minimum Gasteiger partial charge on any atom is -0.396 e. The molecule has 0 rings (SSSR count). The highest BCUT2D eigenvalue weighted by atomic mass is 32.2. The Morgan fingerprint density at radius 3 is 2.62 bits per heavy atom. The zero-order chi connectivity index (χ0) is 10.2. The topological polar surface area (TPSA) is 78.4 Å². The Labute approximate surface area is 83.5 Å². The molecule has 0 aliphatic heterocycles. The van der Waals surface area contributed by atoms with Crippen molar-refractivity contribution in [3.8, 4) is 0 Å². The van der Waals surface area contributed by atoms with Crippen molar-refractivity contribution in [2.24, 2.45) is 0 Å². The molecule has 0 bridgehead atoms. The fraction of sp³-hybridized carbons (Fsp3) is 1.00. The second-order valence-electron chi connectivity index (χ2n) is 2.29. The highest BCUT2D eigenvalue weighted by Crippen LogP contribution is 1.99. The molecule has 5 nitrogen and oxygen atoms in total. The van der Waals surface area contributed by atoms with Crippen LogP contribution in [0.3, 0.4) is 0 Å². The summed E-state index contributed by atoms with van der Waals surface area (Å²) in [6.45, 7) is 0.606. The lowest BCUT2D eigenvalue weighted by atomic mass is 10.5. The zero-order valence-corrected chi connectivity index (χ0v) is 9.25. The fourth-order valence-corrected chi connectivity index (χ4v) is 2.02. The minimum atomic E-state index is -3.27.